The molecule has 0 bridgehead atoms. The second-order valence-corrected chi connectivity index (χ2v) is 9.07. The molecule has 5 nitrogen and oxygen atoms in total. The van der Waals surface area contributed by atoms with Crippen LogP contribution in [0.2, 0.25) is 10.0 Å². The van der Waals surface area contributed by atoms with E-state index in [0.29, 0.717) is 16.7 Å². The Kier molecular flexibility index (Phi) is 6.39. The van der Waals surface area contributed by atoms with Crippen molar-refractivity contribution in [1.29, 1.82) is 0 Å². The summed E-state index contributed by atoms with van der Waals surface area (Å²) in [6, 6.07) is 8.38. The van der Waals surface area contributed by atoms with Crippen LogP contribution in [0.1, 0.15) is 39.2 Å². The first-order valence-electron chi connectivity index (χ1n) is 9.64. The molecule has 1 atom stereocenters. The van der Waals surface area contributed by atoms with Gasteiger partial charge in [0.15, 0.2) is 0 Å². The van der Waals surface area contributed by atoms with Crippen molar-refractivity contribution in [1.82, 2.24) is 10.3 Å². The van der Waals surface area contributed by atoms with Crippen LogP contribution < -0.4 is 5.32 Å². The van der Waals surface area contributed by atoms with Crippen molar-refractivity contribution in [3.63, 3.8) is 0 Å². The Balaban J connectivity index is 1.57. The number of amides is 1. The van der Waals surface area contributed by atoms with E-state index in [1.807, 2.05) is 5.38 Å². The van der Waals surface area contributed by atoms with Crippen molar-refractivity contribution in [2.45, 2.75) is 31.7 Å². The summed E-state index contributed by atoms with van der Waals surface area (Å²) in [4.78, 5) is 21.6. The van der Waals surface area contributed by atoms with Gasteiger partial charge in [-0.2, -0.15) is 13.2 Å². The number of nitrogens with zero attached hydrogens (tertiary/aromatic N) is 2. The minimum absolute atomic E-state index is 0.0574. The molecule has 2 heterocycles. The molecule has 33 heavy (non-hydrogen) atoms. The summed E-state index contributed by atoms with van der Waals surface area (Å²) >= 11 is 13.3. The van der Waals surface area contributed by atoms with E-state index in [9.17, 15) is 18.0 Å². The third-order valence-electron chi connectivity index (χ3n) is 5.23. The number of carbonyl (C=O) groups is 1. The molecule has 172 valence electrons. The number of alkyl halides is 3. The molecule has 0 saturated carbocycles. The highest BCUT2D eigenvalue weighted by Crippen LogP contribution is 2.49. The fourth-order valence-corrected chi connectivity index (χ4v) is 4.62. The van der Waals surface area contributed by atoms with Crippen LogP contribution in [0.25, 0.3) is 0 Å². The number of hydrogen-bond donors (Lipinski definition) is 1. The quantitative estimate of drug-likeness (QED) is 0.437. The molecule has 1 aliphatic rings. The number of carbonyl (C=O) groups excluding carboxylic acids is 1. The minimum atomic E-state index is -4.78. The summed E-state index contributed by atoms with van der Waals surface area (Å²) in [6.45, 7) is 1.98. The lowest BCUT2D eigenvalue weighted by molar-refractivity contribution is -0.275. The average Bonchev–Trinajstić information content (AvgIpc) is 3.41. The molecule has 1 unspecified atom stereocenters. The van der Waals surface area contributed by atoms with Crippen LogP contribution in [0.5, 0.6) is 0 Å². The van der Waals surface area contributed by atoms with Crippen LogP contribution in [-0.2, 0) is 17.0 Å². The second-order valence-electron chi connectivity index (χ2n) is 7.48. The van der Waals surface area contributed by atoms with Crippen molar-refractivity contribution in [3.8, 4) is 0 Å². The number of hydrogen-bond acceptors (Lipinski definition) is 5. The highest BCUT2D eigenvalue weighted by Gasteiger charge is 2.62. The monoisotopic (exact) mass is 513 g/mol. The molecule has 0 aliphatic carbocycles. The molecule has 0 radical (unpaired) electrons. The van der Waals surface area contributed by atoms with Gasteiger partial charge in [-0.15, -0.1) is 11.3 Å². The molecule has 1 N–H and O–H groups in total. The SMILES string of the molecule is Cc1cc(C2=NOC(c3cc(Cl)cc(Cl)c3)(C(F)(F)F)C2)ccc1C(=O)NCc1cscn1. The van der Waals surface area contributed by atoms with E-state index >= 15 is 0 Å². The number of rotatable bonds is 5. The molecule has 1 aromatic heterocycles. The lowest BCUT2D eigenvalue weighted by Gasteiger charge is -2.29. The molecule has 0 saturated heterocycles. The molecule has 3 aromatic rings. The lowest BCUT2D eigenvalue weighted by Crippen LogP contribution is -2.42. The number of aromatic nitrogens is 1. The zero-order valence-electron chi connectivity index (χ0n) is 17.0. The third-order valence-corrected chi connectivity index (χ3v) is 6.30. The number of halogens is 5. The van der Waals surface area contributed by atoms with Gasteiger partial charge in [0.1, 0.15) is 0 Å². The van der Waals surface area contributed by atoms with E-state index in [1.165, 1.54) is 29.5 Å². The second kappa shape index (κ2) is 8.96. The van der Waals surface area contributed by atoms with Gasteiger partial charge in [-0.25, -0.2) is 4.98 Å². The highest BCUT2D eigenvalue weighted by atomic mass is 35.5. The van der Waals surface area contributed by atoms with Gasteiger partial charge < -0.3 is 10.2 Å². The van der Waals surface area contributed by atoms with Crippen molar-refractivity contribution in [2.75, 3.05) is 0 Å². The fourth-order valence-electron chi connectivity index (χ4n) is 3.53. The van der Waals surface area contributed by atoms with Gasteiger partial charge in [0, 0.05) is 33.0 Å². The predicted octanol–water partition coefficient (Wildman–Crippen LogP) is 6.27. The number of oxime groups is 1. The Morgan fingerprint density at radius 2 is 1.94 bits per heavy atom. The molecule has 0 spiro atoms. The number of thiazole rings is 1. The normalized spacial score (nSPS) is 18.1. The van der Waals surface area contributed by atoms with Crippen LogP contribution in [0.3, 0.4) is 0 Å². The fraction of sp³-hybridized carbons (Fsp3) is 0.227. The minimum Gasteiger partial charge on any atom is -0.374 e. The summed E-state index contributed by atoms with van der Waals surface area (Å²) in [5.74, 6) is -0.310. The van der Waals surface area contributed by atoms with Gasteiger partial charge in [0.2, 0.25) is 0 Å². The Bertz CT molecular complexity index is 1210. The summed E-state index contributed by atoms with van der Waals surface area (Å²) in [5, 5.41) is 8.47. The molecule has 11 heteroatoms. The Morgan fingerprint density at radius 3 is 2.55 bits per heavy atom. The van der Waals surface area contributed by atoms with E-state index in [2.05, 4.69) is 15.5 Å². The summed E-state index contributed by atoms with van der Waals surface area (Å²) < 4.78 is 42.5. The van der Waals surface area contributed by atoms with Gasteiger partial charge in [-0.05, 0) is 48.4 Å². The van der Waals surface area contributed by atoms with E-state index in [4.69, 9.17) is 28.0 Å². The molecule has 1 aliphatic heterocycles. The predicted molar refractivity (Wildman–Crippen MR) is 121 cm³/mol. The van der Waals surface area contributed by atoms with E-state index < -0.39 is 18.2 Å². The van der Waals surface area contributed by atoms with E-state index in [0.717, 1.165) is 5.69 Å². The zero-order chi connectivity index (χ0) is 23.8. The smallest absolute Gasteiger partial charge is 0.374 e. The van der Waals surface area contributed by atoms with Crippen LogP contribution >= 0.6 is 34.5 Å². The zero-order valence-corrected chi connectivity index (χ0v) is 19.4. The first-order chi connectivity index (χ1) is 15.6. The number of nitrogens with one attached hydrogen (secondary N) is 1. The summed E-state index contributed by atoms with van der Waals surface area (Å²) in [7, 11) is 0. The van der Waals surface area contributed by atoms with Crippen LogP contribution in [0.15, 0.2) is 52.4 Å². The van der Waals surface area contributed by atoms with Crippen LogP contribution in [0, 0.1) is 6.92 Å². The van der Waals surface area contributed by atoms with Gasteiger partial charge >= 0.3 is 6.18 Å². The molecule has 2 aromatic carbocycles. The largest absolute Gasteiger partial charge is 0.435 e. The van der Waals surface area contributed by atoms with E-state index in [1.54, 1.807) is 30.6 Å². The Labute approximate surface area is 201 Å². The maximum absolute atomic E-state index is 14.2. The van der Waals surface area contributed by atoms with Gasteiger partial charge in [-0.3, -0.25) is 4.79 Å². The Morgan fingerprint density at radius 1 is 1.21 bits per heavy atom. The third kappa shape index (κ3) is 4.71. The molecule has 4 rings (SSSR count). The molecule has 1 amide bonds. The average molecular weight is 514 g/mol. The molecular weight excluding hydrogens is 498 g/mol. The first-order valence-corrected chi connectivity index (χ1v) is 11.3. The maximum atomic E-state index is 14.2. The number of benzene rings is 2. The lowest BCUT2D eigenvalue weighted by atomic mass is 9.86. The molecular formula is C22H16Cl2F3N3O2S. The summed E-state index contributed by atoms with van der Waals surface area (Å²) in [6.07, 6.45) is -5.35. The van der Waals surface area contributed by atoms with Crippen molar-refractivity contribution >= 4 is 46.2 Å². The first kappa shape index (κ1) is 23.5. The highest BCUT2D eigenvalue weighted by molar-refractivity contribution is 7.07. The van der Waals surface area contributed by atoms with Gasteiger partial charge in [0.05, 0.1) is 23.5 Å². The standard InChI is InChI=1S/C22H16Cl2F3N3O2S/c1-12-4-13(2-3-18(12)20(31)28-9-17-10-33-11-29-17)19-8-21(32-30-19,22(25,26)27)14-5-15(23)7-16(24)6-14/h2-7,10-11H,8-9H2,1H3,(H,28,31). The summed E-state index contributed by atoms with van der Waals surface area (Å²) in [5.41, 5.74) is 0.964. The topological polar surface area (TPSA) is 63.6 Å². The van der Waals surface area contributed by atoms with Crippen LogP contribution in [-0.4, -0.2) is 22.8 Å². The van der Waals surface area contributed by atoms with Crippen molar-refractivity contribution in [2.24, 2.45) is 5.16 Å². The van der Waals surface area contributed by atoms with Gasteiger partial charge in [0.25, 0.3) is 11.5 Å². The molecule has 0 fully saturated rings. The Hall–Kier alpha value is -2.62. The van der Waals surface area contributed by atoms with Gasteiger partial charge in [-0.1, -0.05) is 34.4 Å². The van der Waals surface area contributed by atoms with Crippen molar-refractivity contribution < 1.29 is 22.8 Å². The van der Waals surface area contributed by atoms with E-state index in [-0.39, 0.29) is 33.8 Å². The maximum Gasteiger partial charge on any atom is 0.435 e. The number of aryl methyl sites for hydroxylation is 1. The van der Waals surface area contributed by atoms with Crippen LogP contribution in [0.4, 0.5) is 13.2 Å². The van der Waals surface area contributed by atoms with Crippen molar-refractivity contribution in [3.05, 3.63) is 85.3 Å².